The van der Waals surface area contributed by atoms with E-state index in [2.05, 4.69) is 15.3 Å². The standard InChI is InChI=1S/C14H11ClN4O3/c15-7-3-1-6(2-4-7)8-5-9(13(21)22)17-11-10(8)12(20)19-14(16)18-11/h1-5,8H,(H,21,22)(H4,16,17,18,19,20). The van der Waals surface area contributed by atoms with Crippen molar-refractivity contribution in [1.82, 2.24) is 9.97 Å². The normalized spacial score (nSPS) is 16.4. The maximum Gasteiger partial charge on any atom is 0.352 e. The second-order valence-corrected chi connectivity index (χ2v) is 5.19. The van der Waals surface area contributed by atoms with E-state index in [0.29, 0.717) is 10.6 Å². The number of allylic oxidation sites excluding steroid dienone is 1. The molecule has 0 fully saturated rings. The Bertz CT molecular complexity index is 842. The Labute approximate surface area is 129 Å². The molecule has 5 N–H and O–H groups in total. The average molecular weight is 319 g/mol. The predicted octanol–water partition coefficient (Wildman–Crippen LogP) is 1.53. The first-order chi connectivity index (χ1) is 10.5. The van der Waals surface area contributed by atoms with Gasteiger partial charge < -0.3 is 16.2 Å². The van der Waals surface area contributed by atoms with Gasteiger partial charge in [-0.15, -0.1) is 0 Å². The number of nitrogens with one attached hydrogen (secondary N) is 2. The number of H-pyrrole nitrogens is 1. The number of anilines is 2. The average Bonchev–Trinajstić information content (AvgIpc) is 2.46. The smallest absolute Gasteiger partial charge is 0.352 e. The zero-order valence-corrected chi connectivity index (χ0v) is 11.9. The second-order valence-electron chi connectivity index (χ2n) is 4.75. The van der Waals surface area contributed by atoms with Gasteiger partial charge in [-0.25, -0.2) is 4.79 Å². The molecule has 1 aromatic heterocycles. The number of nitrogens with two attached hydrogens (primary N) is 1. The fourth-order valence-electron chi connectivity index (χ4n) is 2.36. The van der Waals surface area contributed by atoms with Crippen LogP contribution in [0.25, 0.3) is 0 Å². The minimum atomic E-state index is -1.15. The van der Waals surface area contributed by atoms with E-state index >= 15 is 0 Å². The number of aliphatic carboxylic acids is 1. The Morgan fingerprint density at radius 3 is 2.64 bits per heavy atom. The zero-order chi connectivity index (χ0) is 15.9. The highest BCUT2D eigenvalue weighted by Gasteiger charge is 2.28. The first kappa shape index (κ1) is 14.2. The van der Waals surface area contributed by atoms with Crippen LogP contribution in [0.15, 0.2) is 40.8 Å². The second kappa shape index (κ2) is 5.19. The summed E-state index contributed by atoms with van der Waals surface area (Å²) in [4.78, 5) is 29.9. The first-order valence-corrected chi connectivity index (χ1v) is 6.71. The van der Waals surface area contributed by atoms with Crippen molar-refractivity contribution in [3.8, 4) is 0 Å². The molecule has 8 heteroatoms. The summed E-state index contributed by atoms with van der Waals surface area (Å²) < 4.78 is 0. The number of aromatic amines is 1. The van der Waals surface area contributed by atoms with Crippen molar-refractivity contribution in [3.05, 3.63) is 62.5 Å². The maximum atomic E-state index is 12.2. The Morgan fingerprint density at radius 1 is 1.32 bits per heavy atom. The van der Waals surface area contributed by atoms with Crippen molar-refractivity contribution in [2.75, 3.05) is 11.1 Å². The molecule has 0 aliphatic carbocycles. The van der Waals surface area contributed by atoms with Crippen LogP contribution in [0.1, 0.15) is 17.0 Å². The molecular weight excluding hydrogens is 308 g/mol. The monoisotopic (exact) mass is 318 g/mol. The Balaban J connectivity index is 2.22. The van der Waals surface area contributed by atoms with E-state index in [4.69, 9.17) is 17.3 Å². The van der Waals surface area contributed by atoms with Gasteiger partial charge in [0, 0.05) is 10.9 Å². The molecule has 1 atom stereocenters. The van der Waals surface area contributed by atoms with Crippen LogP contribution >= 0.6 is 11.6 Å². The van der Waals surface area contributed by atoms with Crippen LogP contribution in [0, 0.1) is 0 Å². The van der Waals surface area contributed by atoms with Crippen LogP contribution in [-0.2, 0) is 4.79 Å². The molecule has 0 saturated heterocycles. The van der Waals surface area contributed by atoms with Gasteiger partial charge in [0.25, 0.3) is 5.56 Å². The van der Waals surface area contributed by atoms with E-state index in [1.165, 1.54) is 6.08 Å². The third-order valence-corrected chi connectivity index (χ3v) is 3.58. The lowest BCUT2D eigenvalue weighted by molar-refractivity contribution is -0.132. The van der Waals surface area contributed by atoms with Crippen LogP contribution in [0.4, 0.5) is 11.8 Å². The van der Waals surface area contributed by atoms with Crippen molar-refractivity contribution >= 4 is 29.3 Å². The number of aromatic nitrogens is 2. The molecule has 0 radical (unpaired) electrons. The number of nitrogen functional groups attached to an aromatic ring is 1. The quantitative estimate of drug-likeness (QED) is 0.666. The third kappa shape index (κ3) is 2.42. The van der Waals surface area contributed by atoms with Gasteiger partial charge in [0.1, 0.15) is 11.5 Å². The highest BCUT2D eigenvalue weighted by Crippen LogP contribution is 2.34. The number of carboxylic acid groups (broad SMARTS) is 1. The van der Waals surface area contributed by atoms with Gasteiger partial charge in [-0.1, -0.05) is 23.7 Å². The van der Waals surface area contributed by atoms with Crippen molar-refractivity contribution in [3.63, 3.8) is 0 Å². The molecule has 0 saturated carbocycles. The minimum absolute atomic E-state index is 0.0649. The summed E-state index contributed by atoms with van der Waals surface area (Å²) in [5.41, 5.74) is 6.06. The minimum Gasteiger partial charge on any atom is -0.477 e. The molecule has 3 rings (SSSR count). The highest BCUT2D eigenvalue weighted by atomic mass is 35.5. The number of hydrogen-bond donors (Lipinski definition) is 4. The summed E-state index contributed by atoms with van der Waals surface area (Å²) in [6.45, 7) is 0. The van der Waals surface area contributed by atoms with Crippen LogP contribution in [-0.4, -0.2) is 21.0 Å². The largest absolute Gasteiger partial charge is 0.477 e. The van der Waals surface area contributed by atoms with Crippen LogP contribution < -0.4 is 16.6 Å². The molecule has 7 nitrogen and oxygen atoms in total. The molecule has 1 unspecified atom stereocenters. The van der Waals surface area contributed by atoms with Gasteiger partial charge >= 0.3 is 5.97 Å². The lowest BCUT2D eigenvalue weighted by Gasteiger charge is -2.23. The van der Waals surface area contributed by atoms with Crippen LogP contribution in [0.3, 0.4) is 0 Å². The van der Waals surface area contributed by atoms with E-state index in [1.807, 2.05) is 0 Å². The summed E-state index contributed by atoms with van der Waals surface area (Å²) in [6.07, 6.45) is 1.46. The topological polar surface area (TPSA) is 121 Å². The van der Waals surface area contributed by atoms with Gasteiger partial charge in [0.15, 0.2) is 0 Å². The van der Waals surface area contributed by atoms with E-state index in [1.54, 1.807) is 24.3 Å². The van der Waals surface area contributed by atoms with Gasteiger partial charge in [-0.3, -0.25) is 9.78 Å². The fraction of sp³-hybridized carbons (Fsp3) is 0.0714. The number of rotatable bonds is 2. The number of halogens is 1. The van der Waals surface area contributed by atoms with Gasteiger partial charge in [0.05, 0.1) is 5.56 Å². The number of nitrogens with zero attached hydrogens (tertiary/aromatic N) is 1. The van der Waals surface area contributed by atoms with Crippen molar-refractivity contribution in [2.45, 2.75) is 5.92 Å². The number of carboxylic acids is 1. The molecular formula is C14H11ClN4O3. The molecule has 1 aliphatic heterocycles. The van der Waals surface area contributed by atoms with Crippen molar-refractivity contribution < 1.29 is 9.90 Å². The summed E-state index contributed by atoms with van der Waals surface area (Å²) in [5, 5.41) is 12.4. The number of fused-ring (bicyclic) bond motifs is 1. The van der Waals surface area contributed by atoms with E-state index in [9.17, 15) is 14.7 Å². The van der Waals surface area contributed by atoms with Gasteiger partial charge in [-0.2, -0.15) is 4.98 Å². The molecule has 22 heavy (non-hydrogen) atoms. The summed E-state index contributed by atoms with van der Waals surface area (Å²) >= 11 is 5.86. The Kier molecular flexibility index (Phi) is 3.34. The molecule has 1 aromatic carbocycles. The van der Waals surface area contributed by atoms with E-state index < -0.39 is 17.4 Å². The number of benzene rings is 1. The third-order valence-electron chi connectivity index (χ3n) is 3.33. The van der Waals surface area contributed by atoms with Gasteiger partial charge in [-0.05, 0) is 23.8 Å². The molecule has 0 spiro atoms. The molecule has 0 amide bonds. The lowest BCUT2D eigenvalue weighted by atomic mass is 9.89. The summed E-state index contributed by atoms with van der Waals surface area (Å²) in [6, 6.07) is 6.80. The number of carbonyl (C=O) groups is 1. The molecule has 1 aliphatic rings. The Hall–Kier alpha value is -2.80. The molecule has 112 valence electrons. The van der Waals surface area contributed by atoms with Crippen LogP contribution in [0.5, 0.6) is 0 Å². The summed E-state index contributed by atoms with van der Waals surface area (Å²) in [5.74, 6) is -1.65. The Morgan fingerprint density at radius 2 is 2.00 bits per heavy atom. The zero-order valence-electron chi connectivity index (χ0n) is 11.1. The fourth-order valence-corrected chi connectivity index (χ4v) is 2.49. The van der Waals surface area contributed by atoms with Gasteiger partial charge in [0.2, 0.25) is 5.95 Å². The molecule has 2 heterocycles. The summed E-state index contributed by atoms with van der Waals surface area (Å²) in [7, 11) is 0. The number of hydrogen-bond acceptors (Lipinski definition) is 5. The molecule has 2 aromatic rings. The van der Waals surface area contributed by atoms with Crippen molar-refractivity contribution in [2.24, 2.45) is 0 Å². The highest BCUT2D eigenvalue weighted by molar-refractivity contribution is 6.30. The first-order valence-electron chi connectivity index (χ1n) is 6.33. The van der Waals surface area contributed by atoms with Crippen molar-refractivity contribution in [1.29, 1.82) is 0 Å². The predicted molar refractivity (Wildman–Crippen MR) is 81.9 cm³/mol. The maximum absolute atomic E-state index is 12.2. The van der Waals surface area contributed by atoms with Crippen LogP contribution in [0.2, 0.25) is 5.02 Å². The molecule has 0 bridgehead atoms. The lowest BCUT2D eigenvalue weighted by Crippen LogP contribution is -2.27. The van der Waals surface area contributed by atoms with E-state index in [-0.39, 0.29) is 17.5 Å². The SMILES string of the molecule is Nc1nc2c(c(=O)[nH]1)C(c1ccc(Cl)cc1)C=C(C(=O)O)N2. The van der Waals surface area contributed by atoms with E-state index in [0.717, 1.165) is 5.56 Å².